The Balaban J connectivity index is 0.000000216. The minimum Gasteiger partial charge on any atom is -0.352 e. The van der Waals surface area contributed by atoms with E-state index in [0.717, 1.165) is 64.1 Å². The molecule has 0 aromatic heterocycles. The van der Waals surface area contributed by atoms with Crippen LogP contribution in [0.5, 0.6) is 0 Å². The summed E-state index contributed by atoms with van der Waals surface area (Å²) in [5, 5.41) is 0. The molecule has 2 aromatic carbocycles. The van der Waals surface area contributed by atoms with E-state index < -0.39 is 0 Å². The second kappa shape index (κ2) is 17.8. The summed E-state index contributed by atoms with van der Waals surface area (Å²) in [6.45, 7) is 11.7. The summed E-state index contributed by atoms with van der Waals surface area (Å²) >= 11 is 0. The molecule has 0 bridgehead atoms. The average molecular weight is 543 g/mol. The Bertz CT molecular complexity index is 915. The fourth-order valence-electron chi connectivity index (χ4n) is 5.04. The SMILES string of the molecule is CCCC1COC(CCc2ccc(C)c(F)c2)OC1.CCCCCC1COC(CCc2ccc(C)cc2)OC1. The Morgan fingerprint density at radius 3 is 1.72 bits per heavy atom. The monoisotopic (exact) mass is 542 g/mol. The molecule has 4 nitrogen and oxygen atoms in total. The number of hydrogen-bond acceptors (Lipinski definition) is 4. The molecule has 2 aliphatic heterocycles. The van der Waals surface area contributed by atoms with E-state index in [1.165, 1.54) is 43.2 Å². The third-order valence-corrected chi connectivity index (χ3v) is 7.68. The number of aryl methyl sites for hydroxylation is 4. The van der Waals surface area contributed by atoms with E-state index in [1.54, 1.807) is 13.0 Å². The van der Waals surface area contributed by atoms with Crippen LogP contribution in [0.4, 0.5) is 4.39 Å². The quantitative estimate of drug-likeness (QED) is 0.253. The van der Waals surface area contributed by atoms with E-state index in [1.807, 2.05) is 12.1 Å². The summed E-state index contributed by atoms with van der Waals surface area (Å²) in [5.41, 5.74) is 4.38. The molecule has 0 aliphatic carbocycles. The highest BCUT2D eigenvalue weighted by atomic mass is 19.1. The summed E-state index contributed by atoms with van der Waals surface area (Å²) in [7, 11) is 0. The normalized spacial score (nSPS) is 23.2. The van der Waals surface area contributed by atoms with Gasteiger partial charge in [0.15, 0.2) is 12.6 Å². The van der Waals surface area contributed by atoms with Gasteiger partial charge in [-0.2, -0.15) is 0 Å². The smallest absolute Gasteiger partial charge is 0.157 e. The maximum absolute atomic E-state index is 13.4. The first-order chi connectivity index (χ1) is 19.0. The molecular weight excluding hydrogens is 491 g/mol. The van der Waals surface area contributed by atoms with Gasteiger partial charge in [0.1, 0.15) is 5.82 Å². The van der Waals surface area contributed by atoms with Gasteiger partial charge in [0.05, 0.1) is 26.4 Å². The van der Waals surface area contributed by atoms with E-state index in [9.17, 15) is 4.39 Å². The van der Waals surface area contributed by atoms with Crippen LogP contribution in [-0.2, 0) is 31.8 Å². The van der Waals surface area contributed by atoms with Gasteiger partial charge in [-0.3, -0.25) is 0 Å². The number of rotatable bonds is 12. The first-order valence-electron chi connectivity index (χ1n) is 15.2. The molecule has 2 heterocycles. The van der Waals surface area contributed by atoms with Crippen LogP contribution < -0.4 is 0 Å². The first kappa shape index (κ1) is 31.7. The zero-order chi connectivity index (χ0) is 27.9. The highest BCUT2D eigenvalue weighted by Gasteiger charge is 2.22. The van der Waals surface area contributed by atoms with Crippen molar-refractivity contribution in [1.82, 2.24) is 0 Å². The van der Waals surface area contributed by atoms with Crippen LogP contribution in [0.1, 0.15) is 87.5 Å². The highest BCUT2D eigenvalue weighted by molar-refractivity contribution is 5.23. The van der Waals surface area contributed by atoms with Crippen LogP contribution in [-0.4, -0.2) is 39.0 Å². The molecule has 2 aromatic rings. The van der Waals surface area contributed by atoms with Crippen molar-refractivity contribution in [2.75, 3.05) is 26.4 Å². The zero-order valence-corrected chi connectivity index (χ0v) is 24.8. The molecule has 39 heavy (non-hydrogen) atoms. The summed E-state index contributed by atoms with van der Waals surface area (Å²) in [4.78, 5) is 0. The van der Waals surface area contributed by atoms with Crippen molar-refractivity contribution in [2.45, 2.75) is 104 Å². The van der Waals surface area contributed by atoms with E-state index in [4.69, 9.17) is 18.9 Å². The summed E-state index contributed by atoms with van der Waals surface area (Å²) in [6.07, 6.45) is 11.0. The van der Waals surface area contributed by atoms with Gasteiger partial charge in [0.2, 0.25) is 0 Å². The van der Waals surface area contributed by atoms with E-state index in [2.05, 4.69) is 45.0 Å². The van der Waals surface area contributed by atoms with Crippen LogP contribution in [0.15, 0.2) is 42.5 Å². The minimum absolute atomic E-state index is 0.00118. The largest absolute Gasteiger partial charge is 0.352 e. The first-order valence-corrected chi connectivity index (χ1v) is 15.2. The van der Waals surface area contributed by atoms with Gasteiger partial charge in [-0.1, -0.05) is 81.5 Å². The molecule has 2 aliphatic rings. The Morgan fingerprint density at radius 2 is 1.18 bits per heavy atom. The Hall–Kier alpha value is -1.79. The lowest BCUT2D eigenvalue weighted by molar-refractivity contribution is -0.203. The van der Waals surface area contributed by atoms with Crippen molar-refractivity contribution < 1.29 is 23.3 Å². The fourth-order valence-corrected chi connectivity index (χ4v) is 5.04. The van der Waals surface area contributed by atoms with Crippen molar-refractivity contribution in [2.24, 2.45) is 11.8 Å². The van der Waals surface area contributed by atoms with Crippen LogP contribution in [0, 0.1) is 31.5 Å². The maximum atomic E-state index is 13.4. The highest BCUT2D eigenvalue weighted by Crippen LogP contribution is 2.21. The van der Waals surface area contributed by atoms with Crippen molar-refractivity contribution >= 4 is 0 Å². The van der Waals surface area contributed by atoms with Gasteiger partial charge in [0, 0.05) is 24.7 Å². The number of ether oxygens (including phenoxy) is 4. The Labute approximate surface area is 236 Å². The second-order valence-corrected chi connectivity index (χ2v) is 11.4. The molecule has 2 fully saturated rings. The Kier molecular flexibility index (Phi) is 14.5. The topological polar surface area (TPSA) is 36.9 Å². The molecule has 0 spiro atoms. The van der Waals surface area contributed by atoms with E-state index in [-0.39, 0.29) is 18.4 Å². The molecule has 0 unspecified atom stereocenters. The fraction of sp³-hybridized carbons (Fsp3) is 0.647. The van der Waals surface area contributed by atoms with Gasteiger partial charge >= 0.3 is 0 Å². The van der Waals surface area contributed by atoms with Crippen molar-refractivity contribution in [3.05, 3.63) is 70.5 Å². The zero-order valence-electron chi connectivity index (χ0n) is 24.8. The molecule has 218 valence electrons. The van der Waals surface area contributed by atoms with Gasteiger partial charge < -0.3 is 18.9 Å². The average Bonchev–Trinajstić information content (AvgIpc) is 2.95. The van der Waals surface area contributed by atoms with Gasteiger partial charge in [-0.15, -0.1) is 0 Å². The summed E-state index contributed by atoms with van der Waals surface area (Å²) in [6, 6.07) is 14.1. The van der Waals surface area contributed by atoms with Crippen molar-refractivity contribution in [3.8, 4) is 0 Å². The molecule has 2 saturated heterocycles. The molecule has 0 atom stereocenters. The molecular formula is C34H51FO4. The van der Waals surface area contributed by atoms with Gasteiger partial charge in [0.25, 0.3) is 0 Å². The second-order valence-electron chi connectivity index (χ2n) is 11.4. The minimum atomic E-state index is -0.133. The van der Waals surface area contributed by atoms with E-state index >= 15 is 0 Å². The van der Waals surface area contributed by atoms with E-state index in [0.29, 0.717) is 17.4 Å². The molecule has 4 rings (SSSR count). The van der Waals surface area contributed by atoms with Crippen molar-refractivity contribution in [1.29, 1.82) is 0 Å². The molecule has 0 N–H and O–H groups in total. The molecule has 0 amide bonds. The molecule has 0 radical (unpaired) electrons. The maximum Gasteiger partial charge on any atom is 0.157 e. The molecule has 5 heteroatoms. The predicted octanol–water partition coefficient (Wildman–Crippen LogP) is 8.35. The summed E-state index contributed by atoms with van der Waals surface area (Å²) < 4.78 is 36.5. The lowest BCUT2D eigenvalue weighted by atomic mass is 10.0. The lowest BCUT2D eigenvalue weighted by Crippen LogP contribution is -2.32. The van der Waals surface area contributed by atoms with Crippen LogP contribution in [0.25, 0.3) is 0 Å². The third kappa shape index (κ3) is 12.1. The predicted molar refractivity (Wildman–Crippen MR) is 156 cm³/mol. The van der Waals surface area contributed by atoms with Gasteiger partial charge in [-0.05, 0) is 62.3 Å². The van der Waals surface area contributed by atoms with Crippen LogP contribution >= 0.6 is 0 Å². The van der Waals surface area contributed by atoms with Crippen LogP contribution in [0.3, 0.4) is 0 Å². The Morgan fingerprint density at radius 1 is 0.641 bits per heavy atom. The number of halogens is 1. The number of hydrogen-bond donors (Lipinski definition) is 0. The summed E-state index contributed by atoms with van der Waals surface area (Å²) in [5.74, 6) is 1.02. The third-order valence-electron chi connectivity index (χ3n) is 7.68. The van der Waals surface area contributed by atoms with Crippen LogP contribution in [0.2, 0.25) is 0 Å². The van der Waals surface area contributed by atoms with Crippen molar-refractivity contribution in [3.63, 3.8) is 0 Å². The number of unbranched alkanes of at least 4 members (excludes halogenated alkanes) is 2. The van der Waals surface area contributed by atoms with Gasteiger partial charge in [-0.25, -0.2) is 4.39 Å². The standard InChI is InChI=1S/C18H28O2.C16H23FO2/c1-3-4-5-6-17-13-19-18(20-14-17)12-11-16-9-7-15(2)8-10-16;1-3-4-14-10-18-16(19-11-14)8-7-13-6-5-12(2)15(17)9-13/h7-10,17-18H,3-6,11-14H2,1-2H3;5-6,9,14,16H,3-4,7-8,10-11H2,1-2H3. The molecule has 0 saturated carbocycles. The number of benzene rings is 2. The lowest BCUT2D eigenvalue weighted by Gasteiger charge is -2.29.